The smallest absolute Gasteiger partial charge is 0.235 e. The lowest BCUT2D eigenvalue weighted by molar-refractivity contribution is 0.673. The summed E-state index contributed by atoms with van der Waals surface area (Å²) in [7, 11) is 0. The molecule has 0 bridgehead atoms. The lowest BCUT2D eigenvalue weighted by Gasteiger charge is -2.11. The van der Waals surface area contributed by atoms with Crippen LogP contribution in [0.5, 0.6) is 0 Å². The van der Waals surface area contributed by atoms with Gasteiger partial charge in [0.05, 0.1) is 22.2 Å². The van der Waals surface area contributed by atoms with E-state index in [1.807, 2.05) is 18.2 Å². The van der Waals surface area contributed by atoms with E-state index >= 15 is 0 Å². The minimum Gasteiger partial charge on any atom is -0.455 e. The predicted molar refractivity (Wildman–Crippen MR) is 164 cm³/mol. The van der Waals surface area contributed by atoms with E-state index in [0.717, 1.165) is 71.3 Å². The van der Waals surface area contributed by atoms with Gasteiger partial charge in [0.2, 0.25) is 5.95 Å². The van der Waals surface area contributed by atoms with E-state index in [4.69, 9.17) is 14.4 Å². The Bertz CT molecular complexity index is 2430. The van der Waals surface area contributed by atoms with Crippen LogP contribution in [0.1, 0.15) is 0 Å². The summed E-state index contributed by atoms with van der Waals surface area (Å²) in [5.41, 5.74) is 6.83. The average molecular weight is 512 g/mol. The number of furan rings is 1. The monoisotopic (exact) mass is 511 g/mol. The Hall–Kier alpha value is -5.48. The van der Waals surface area contributed by atoms with E-state index in [1.54, 1.807) is 0 Å². The molecule has 0 aliphatic heterocycles. The van der Waals surface area contributed by atoms with E-state index in [2.05, 4.69) is 114 Å². The van der Waals surface area contributed by atoms with Crippen LogP contribution in [0.3, 0.4) is 0 Å². The molecule has 3 aromatic heterocycles. The zero-order valence-electron chi connectivity index (χ0n) is 21.4. The molecular weight excluding hydrogens is 490 g/mol. The molecule has 186 valence electrons. The molecule has 0 aliphatic carbocycles. The Kier molecular flexibility index (Phi) is 4.30. The fraction of sp³-hybridized carbons (Fsp3) is 0. The van der Waals surface area contributed by atoms with Gasteiger partial charge in [-0.3, -0.25) is 4.57 Å². The lowest BCUT2D eigenvalue weighted by atomic mass is 10.0. The molecule has 0 atom stereocenters. The molecule has 0 fully saturated rings. The van der Waals surface area contributed by atoms with Crippen LogP contribution in [0.15, 0.2) is 132 Å². The van der Waals surface area contributed by atoms with E-state index in [1.165, 1.54) is 5.39 Å². The first-order valence-corrected chi connectivity index (χ1v) is 13.4. The number of hydrogen-bond donors (Lipinski definition) is 0. The van der Waals surface area contributed by atoms with Gasteiger partial charge in [-0.25, -0.2) is 9.97 Å². The maximum atomic E-state index is 6.53. The zero-order valence-corrected chi connectivity index (χ0v) is 21.4. The van der Waals surface area contributed by atoms with Crippen molar-refractivity contribution in [2.24, 2.45) is 0 Å². The highest BCUT2D eigenvalue weighted by molar-refractivity contribution is 6.29. The standard InChI is InChI=1S/C36H21N3O/c1-2-11-23(12-3-1)34-25-14-6-8-16-28(25)37-36(38-34)39-29-17-9-7-15-26(29)32-30(39)20-21-31-33(32)27-19-18-22-10-4-5-13-24(22)35(27)40-31/h1-21H. The Labute approximate surface area is 228 Å². The fourth-order valence-corrected chi connectivity index (χ4v) is 6.25. The molecule has 9 aromatic rings. The third-order valence-corrected chi connectivity index (χ3v) is 8.00. The summed E-state index contributed by atoms with van der Waals surface area (Å²) in [6.45, 7) is 0. The van der Waals surface area contributed by atoms with Gasteiger partial charge in [0.25, 0.3) is 0 Å². The molecule has 0 N–H and O–H groups in total. The normalized spacial score (nSPS) is 12.0. The highest BCUT2D eigenvalue weighted by Gasteiger charge is 2.21. The molecule has 0 radical (unpaired) electrons. The molecule has 3 heterocycles. The lowest BCUT2D eigenvalue weighted by Crippen LogP contribution is -2.03. The Morgan fingerprint density at radius 2 is 1.25 bits per heavy atom. The average Bonchev–Trinajstić information content (AvgIpc) is 3.57. The van der Waals surface area contributed by atoms with Gasteiger partial charge >= 0.3 is 0 Å². The molecule has 6 aromatic carbocycles. The highest BCUT2D eigenvalue weighted by atomic mass is 16.3. The quantitative estimate of drug-likeness (QED) is 0.232. The van der Waals surface area contributed by atoms with Crippen molar-refractivity contribution >= 4 is 65.4 Å². The van der Waals surface area contributed by atoms with Gasteiger partial charge in [-0.15, -0.1) is 0 Å². The zero-order chi connectivity index (χ0) is 26.2. The van der Waals surface area contributed by atoms with Crippen LogP contribution >= 0.6 is 0 Å². The molecular formula is C36H21N3O. The molecule has 0 saturated carbocycles. The minimum absolute atomic E-state index is 0.654. The van der Waals surface area contributed by atoms with Crippen LogP contribution in [-0.2, 0) is 0 Å². The summed E-state index contributed by atoms with van der Waals surface area (Å²) >= 11 is 0. The van der Waals surface area contributed by atoms with Gasteiger partial charge in [0.1, 0.15) is 11.2 Å². The van der Waals surface area contributed by atoms with E-state index in [0.29, 0.717) is 5.95 Å². The molecule has 4 heteroatoms. The summed E-state index contributed by atoms with van der Waals surface area (Å²) in [4.78, 5) is 10.3. The van der Waals surface area contributed by atoms with Crippen molar-refractivity contribution in [3.05, 3.63) is 127 Å². The second-order valence-electron chi connectivity index (χ2n) is 10.2. The van der Waals surface area contributed by atoms with Crippen LogP contribution in [0, 0.1) is 0 Å². The number of aromatic nitrogens is 3. The fourth-order valence-electron chi connectivity index (χ4n) is 6.25. The Morgan fingerprint density at radius 3 is 2.15 bits per heavy atom. The minimum atomic E-state index is 0.654. The van der Waals surface area contributed by atoms with Gasteiger partial charge in [-0.2, -0.15) is 0 Å². The van der Waals surface area contributed by atoms with E-state index in [-0.39, 0.29) is 0 Å². The van der Waals surface area contributed by atoms with Gasteiger partial charge in [-0.1, -0.05) is 97.1 Å². The molecule has 0 unspecified atom stereocenters. The van der Waals surface area contributed by atoms with Crippen molar-refractivity contribution < 1.29 is 4.42 Å². The molecule has 0 saturated heterocycles. The van der Waals surface area contributed by atoms with E-state index < -0.39 is 0 Å². The van der Waals surface area contributed by atoms with Crippen LogP contribution in [0.4, 0.5) is 0 Å². The Morgan fingerprint density at radius 1 is 0.500 bits per heavy atom. The summed E-state index contributed by atoms with van der Waals surface area (Å²) < 4.78 is 8.73. The number of nitrogens with zero attached hydrogens (tertiary/aromatic N) is 3. The third-order valence-electron chi connectivity index (χ3n) is 8.00. The van der Waals surface area contributed by atoms with Crippen LogP contribution < -0.4 is 0 Å². The first-order valence-electron chi connectivity index (χ1n) is 13.4. The SMILES string of the molecule is c1ccc(-c2nc(-n3c4ccccc4c4c5c(ccc43)oc3c4ccccc4ccc35)nc3ccccc23)cc1. The van der Waals surface area contributed by atoms with Gasteiger partial charge < -0.3 is 4.42 Å². The number of rotatable bonds is 2. The number of benzene rings is 6. The second kappa shape index (κ2) is 8.01. The maximum absolute atomic E-state index is 6.53. The van der Waals surface area contributed by atoms with Crippen molar-refractivity contribution in [2.75, 3.05) is 0 Å². The van der Waals surface area contributed by atoms with Crippen molar-refractivity contribution in [3.63, 3.8) is 0 Å². The number of fused-ring (bicyclic) bond motifs is 10. The van der Waals surface area contributed by atoms with Gasteiger partial charge in [-0.05, 0) is 35.7 Å². The Balaban J connectivity index is 1.44. The van der Waals surface area contributed by atoms with Gasteiger partial charge in [0, 0.05) is 37.9 Å². The molecule has 9 rings (SSSR count). The second-order valence-corrected chi connectivity index (χ2v) is 10.2. The summed E-state index contributed by atoms with van der Waals surface area (Å²) in [6, 6.07) is 44.1. The highest BCUT2D eigenvalue weighted by Crippen LogP contribution is 2.42. The summed E-state index contributed by atoms with van der Waals surface area (Å²) in [6.07, 6.45) is 0. The first-order chi connectivity index (χ1) is 19.8. The van der Waals surface area contributed by atoms with Crippen LogP contribution in [-0.4, -0.2) is 14.5 Å². The largest absolute Gasteiger partial charge is 0.455 e. The topological polar surface area (TPSA) is 43.9 Å². The van der Waals surface area contributed by atoms with Crippen LogP contribution in [0.25, 0.3) is 82.6 Å². The third kappa shape index (κ3) is 2.90. The summed E-state index contributed by atoms with van der Waals surface area (Å²) in [5, 5.41) is 7.87. The molecule has 4 nitrogen and oxygen atoms in total. The van der Waals surface area contributed by atoms with Crippen molar-refractivity contribution in [2.45, 2.75) is 0 Å². The van der Waals surface area contributed by atoms with Crippen molar-refractivity contribution in [1.29, 1.82) is 0 Å². The maximum Gasteiger partial charge on any atom is 0.235 e. The number of para-hydroxylation sites is 2. The summed E-state index contributed by atoms with van der Waals surface area (Å²) in [5.74, 6) is 0.654. The van der Waals surface area contributed by atoms with Crippen molar-refractivity contribution in [3.8, 4) is 17.2 Å². The number of hydrogen-bond acceptors (Lipinski definition) is 3. The van der Waals surface area contributed by atoms with Gasteiger partial charge in [0.15, 0.2) is 0 Å². The molecule has 0 aliphatic rings. The molecule has 0 spiro atoms. The van der Waals surface area contributed by atoms with Crippen LogP contribution in [0.2, 0.25) is 0 Å². The predicted octanol–water partition coefficient (Wildman–Crippen LogP) is 9.45. The van der Waals surface area contributed by atoms with Crippen molar-refractivity contribution in [1.82, 2.24) is 14.5 Å². The van der Waals surface area contributed by atoms with E-state index in [9.17, 15) is 0 Å². The molecule has 0 amide bonds. The first kappa shape index (κ1) is 21.5. The molecule has 40 heavy (non-hydrogen) atoms.